The van der Waals surface area contributed by atoms with Crippen molar-refractivity contribution in [1.29, 1.82) is 0 Å². The molecule has 2 aromatic rings. The Labute approximate surface area is 156 Å². The molecule has 0 atom stereocenters. The summed E-state index contributed by atoms with van der Waals surface area (Å²) in [6.45, 7) is 0. The lowest BCUT2D eigenvalue weighted by Gasteiger charge is -2.07. The highest BCUT2D eigenvalue weighted by Crippen LogP contribution is 2.13. The topological polar surface area (TPSA) is 55.4 Å². The van der Waals surface area contributed by atoms with Crippen molar-refractivity contribution < 1.29 is 14.3 Å². The molecule has 0 aliphatic carbocycles. The van der Waals surface area contributed by atoms with Crippen molar-refractivity contribution in [2.24, 2.45) is 0 Å². The number of anilines is 1. The van der Waals surface area contributed by atoms with Gasteiger partial charge in [0.05, 0.1) is 12.7 Å². The second-order valence-electron chi connectivity index (χ2n) is 5.73. The molecule has 1 N–H and O–H groups in total. The van der Waals surface area contributed by atoms with E-state index in [0.29, 0.717) is 12.0 Å². The van der Waals surface area contributed by atoms with Gasteiger partial charge in [0.15, 0.2) is 0 Å². The summed E-state index contributed by atoms with van der Waals surface area (Å²) in [5.74, 6) is -0.326. The zero-order valence-corrected chi connectivity index (χ0v) is 15.8. The minimum atomic E-state index is -0.340. The van der Waals surface area contributed by atoms with Crippen LogP contribution in [-0.4, -0.2) is 24.3 Å². The van der Waals surface area contributed by atoms with E-state index in [9.17, 15) is 9.59 Å². The Balaban J connectivity index is 1.75. The van der Waals surface area contributed by atoms with Crippen LogP contribution in [0.2, 0.25) is 0 Å². The molecule has 0 aromatic heterocycles. The van der Waals surface area contributed by atoms with Gasteiger partial charge in [-0.05, 0) is 54.7 Å². The van der Waals surface area contributed by atoms with E-state index in [0.717, 1.165) is 35.8 Å². The molecule has 4 nitrogen and oxygen atoms in total. The molecule has 0 saturated carbocycles. The Bertz CT molecular complexity index is 696. The molecule has 0 aliphatic rings. The first kappa shape index (κ1) is 19.2. The van der Waals surface area contributed by atoms with Crippen molar-refractivity contribution >= 4 is 33.5 Å². The number of hydrogen-bond donors (Lipinski definition) is 1. The van der Waals surface area contributed by atoms with Crippen LogP contribution < -0.4 is 5.32 Å². The molecule has 1 amide bonds. The Morgan fingerprint density at radius 1 is 0.960 bits per heavy atom. The first-order chi connectivity index (χ1) is 12.1. The van der Waals surface area contributed by atoms with Crippen LogP contribution in [0.3, 0.4) is 0 Å². The highest BCUT2D eigenvalue weighted by Gasteiger charge is 2.06. The average molecular weight is 404 g/mol. The van der Waals surface area contributed by atoms with Gasteiger partial charge in [-0.2, -0.15) is 0 Å². The Hall–Kier alpha value is -2.14. The highest BCUT2D eigenvalue weighted by atomic mass is 79.9. The standard InChI is InChI=1S/C20H22BrNO3/c1-25-20(24)17-9-5-15(6-10-17)3-2-4-19(23)22-18-11-7-16(8-12-18)13-14-21/h5-12H,2-4,13-14H2,1H3,(H,22,23). The normalized spacial score (nSPS) is 10.3. The lowest BCUT2D eigenvalue weighted by atomic mass is 10.1. The molecule has 0 bridgehead atoms. The summed E-state index contributed by atoms with van der Waals surface area (Å²) in [7, 11) is 1.37. The smallest absolute Gasteiger partial charge is 0.337 e. The van der Waals surface area contributed by atoms with E-state index in [1.807, 2.05) is 36.4 Å². The summed E-state index contributed by atoms with van der Waals surface area (Å²) < 4.78 is 4.67. The maximum absolute atomic E-state index is 12.0. The minimum absolute atomic E-state index is 0.0134. The van der Waals surface area contributed by atoms with E-state index < -0.39 is 0 Å². The highest BCUT2D eigenvalue weighted by molar-refractivity contribution is 9.09. The molecular formula is C20H22BrNO3. The van der Waals surface area contributed by atoms with Gasteiger partial charge in [-0.15, -0.1) is 0 Å². The fourth-order valence-electron chi connectivity index (χ4n) is 2.47. The maximum atomic E-state index is 12.0. The van der Waals surface area contributed by atoms with Crippen molar-refractivity contribution in [3.8, 4) is 0 Å². The summed E-state index contributed by atoms with van der Waals surface area (Å²) in [5.41, 5.74) is 3.70. The molecule has 0 spiro atoms. The molecule has 0 unspecified atom stereocenters. The summed E-state index contributed by atoms with van der Waals surface area (Å²) in [6, 6.07) is 15.2. The van der Waals surface area contributed by atoms with Crippen LogP contribution in [0.5, 0.6) is 0 Å². The number of nitrogens with one attached hydrogen (secondary N) is 1. The predicted octanol–water partition coefficient (Wildman–Crippen LogP) is 4.37. The van der Waals surface area contributed by atoms with Gasteiger partial charge in [-0.3, -0.25) is 4.79 Å². The van der Waals surface area contributed by atoms with Crippen LogP contribution in [0.25, 0.3) is 0 Å². The van der Waals surface area contributed by atoms with Crippen LogP contribution in [0.1, 0.15) is 34.3 Å². The maximum Gasteiger partial charge on any atom is 0.337 e. The molecule has 5 heteroatoms. The van der Waals surface area contributed by atoms with E-state index in [4.69, 9.17) is 0 Å². The van der Waals surface area contributed by atoms with Crippen molar-refractivity contribution in [2.45, 2.75) is 25.7 Å². The summed E-state index contributed by atoms with van der Waals surface area (Å²) in [6.07, 6.45) is 2.98. The monoisotopic (exact) mass is 403 g/mol. The minimum Gasteiger partial charge on any atom is -0.465 e. The predicted molar refractivity (Wildman–Crippen MR) is 103 cm³/mol. The number of amides is 1. The number of carbonyl (C=O) groups is 2. The molecule has 0 fully saturated rings. The van der Waals surface area contributed by atoms with Crippen molar-refractivity contribution in [3.63, 3.8) is 0 Å². The lowest BCUT2D eigenvalue weighted by Crippen LogP contribution is -2.11. The molecule has 2 rings (SSSR count). The number of rotatable bonds is 8. The van der Waals surface area contributed by atoms with Crippen molar-refractivity contribution in [3.05, 3.63) is 65.2 Å². The lowest BCUT2D eigenvalue weighted by molar-refractivity contribution is -0.116. The number of halogens is 1. The van der Waals surface area contributed by atoms with E-state index in [2.05, 4.69) is 26.0 Å². The molecule has 0 heterocycles. The SMILES string of the molecule is COC(=O)c1ccc(CCCC(=O)Nc2ccc(CCBr)cc2)cc1. The fourth-order valence-corrected chi connectivity index (χ4v) is 2.92. The number of carbonyl (C=O) groups excluding carboxylic acids is 2. The largest absolute Gasteiger partial charge is 0.465 e. The van der Waals surface area contributed by atoms with Crippen LogP contribution >= 0.6 is 15.9 Å². The number of hydrogen-bond acceptors (Lipinski definition) is 3. The van der Waals surface area contributed by atoms with Crippen molar-refractivity contribution in [2.75, 3.05) is 17.8 Å². The fraction of sp³-hybridized carbons (Fsp3) is 0.300. The van der Waals surface area contributed by atoms with Crippen LogP contribution in [-0.2, 0) is 22.4 Å². The second-order valence-corrected chi connectivity index (χ2v) is 6.52. The zero-order valence-electron chi connectivity index (χ0n) is 14.3. The number of methoxy groups -OCH3 is 1. The summed E-state index contributed by atoms with van der Waals surface area (Å²) in [4.78, 5) is 23.4. The van der Waals surface area contributed by atoms with Crippen LogP contribution in [0.4, 0.5) is 5.69 Å². The van der Waals surface area contributed by atoms with Gasteiger partial charge >= 0.3 is 5.97 Å². The Morgan fingerprint density at radius 3 is 2.16 bits per heavy atom. The molecular weight excluding hydrogens is 382 g/mol. The Kier molecular flexibility index (Phi) is 7.67. The Morgan fingerprint density at radius 2 is 1.56 bits per heavy atom. The number of ether oxygens (including phenoxy) is 1. The van der Waals surface area contributed by atoms with Gasteiger partial charge in [0.2, 0.25) is 5.91 Å². The molecule has 132 valence electrons. The van der Waals surface area contributed by atoms with E-state index in [-0.39, 0.29) is 11.9 Å². The first-order valence-corrected chi connectivity index (χ1v) is 9.36. The third kappa shape index (κ3) is 6.35. The average Bonchev–Trinajstić information content (AvgIpc) is 2.63. The van der Waals surface area contributed by atoms with Gasteiger partial charge in [0.25, 0.3) is 0 Å². The molecule has 0 saturated heterocycles. The number of aryl methyl sites for hydroxylation is 2. The van der Waals surface area contributed by atoms with E-state index in [1.54, 1.807) is 12.1 Å². The molecule has 0 aliphatic heterocycles. The van der Waals surface area contributed by atoms with Crippen LogP contribution in [0.15, 0.2) is 48.5 Å². The van der Waals surface area contributed by atoms with Crippen molar-refractivity contribution in [1.82, 2.24) is 0 Å². The molecule has 25 heavy (non-hydrogen) atoms. The summed E-state index contributed by atoms with van der Waals surface area (Å²) in [5, 5.41) is 3.85. The third-order valence-corrected chi connectivity index (χ3v) is 4.26. The van der Waals surface area contributed by atoms with Gasteiger partial charge in [0, 0.05) is 17.4 Å². The number of alkyl halides is 1. The number of esters is 1. The van der Waals surface area contributed by atoms with Crippen LogP contribution in [0, 0.1) is 0 Å². The van der Waals surface area contributed by atoms with Gasteiger partial charge in [0.1, 0.15) is 0 Å². The van der Waals surface area contributed by atoms with Gasteiger partial charge in [-0.25, -0.2) is 4.79 Å². The van der Waals surface area contributed by atoms with Gasteiger partial charge < -0.3 is 10.1 Å². The first-order valence-electron chi connectivity index (χ1n) is 8.24. The van der Waals surface area contributed by atoms with Gasteiger partial charge in [-0.1, -0.05) is 40.2 Å². The van der Waals surface area contributed by atoms with E-state index in [1.165, 1.54) is 12.7 Å². The third-order valence-electron chi connectivity index (χ3n) is 3.87. The quantitative estimate of drug-likeness (QED) is 0.525. The second kappa shape index (κ2) is 9.99. The summed E-state index contributed by atoms with van der Waals surface area (Å²) >= 11 is 3.41. The molecule has 2 aromatic carbocycles. The van der Waals surface area contributed by atoms with E-state index >= 15 is 0 Å². The number of benzene rings is 2. The molecule has 0 radical (unpaired) electrons. The zero-order chi connectivity index (χ0) is 18.1.